The molecule has 3 rings (SSSR count). The molecule has 2 heterocycles. The topological polar surface area (TPSA) is 79.5 Å². The number of methoxy groups -OCH3 is 1. The van der Waals surface area contributed by atoms with Gasteiger partial charge < -0.3 is 20.7 Å². The molecule has 0 radical (unpaired) electrons. The quantitative estimate of drug-likeness (QED) is 0.583. The molecule has 2 aliphatic rings. The van der Waals surface area contributed by atoms with E-state index in [4.69, 9.17) is 15.4 Å². The van der Waals surface area contributed by atoms with Crippen LogP contribution in [0.3, 0.4) is 0 Å². The number of ether oxygens (including phenoxy) is 1. The van der Waals surface area contributed by atoms with E-state index in [1.807, 2.05) is 0 Å². The van der Waals surface area contributed by atoms with Crippen LogP contribution in [0.2, 0.25) is 0 Å². The van der Waals surface area contributed by atoms with Crippen molar-refractivity contribution in [2.24, 2.45) is 0 Å². The van der Waals surface area contributed by atoms with Crippen molar-refractivity contribution in [3.8, 4) is 5.75 Å². The van der Waals surface area contributed by atoms with Crippen molar-refractivity contribution in [1.29, 1.82) is 0 Å². The highest BCUT2D eigenvalue weighted by Gasteiger charge is 2.40. The summed E-state index contributed by atoms with van der Waals surface area (Å²) in [5.74, 6) is -3.08. The third-order valence-electron chi connectivity index (χ3n) is 4.07. The smallest absolute Gasteiger partial charge is 0.320 e. The minimum absolute atomic E-state index is 0.00356. The van der Waals surface area contributed by atoms with E-state index in [1.165, 1.54) is 7.11 Å². The van der Waals surface area contributed by atoms with E-state index in [0.29, 0.717) is 5.03 Å². The van der Waals surface area contributed by atoms with Crippen molar-refractivity contribution in [2.75, 3.05) is 13.7 Å². The van der Waals surface area contributed by atoms with Gasteiger partial charge in [-0.15, -0.1) is 10.1 Å². The summed E-state index contributed by atoms with van der Waals surface area (Å²) in [6, 6.07) is 0.278. The van der Waals surface area contributed by atoms with Gasteiger partial charge in [0.05, 0.1) is 12.1 Å². The predicted molar refractivity (Wildman–Crippen MR) is 96.2 cm³/mol. The normalized spacial score (nSPS) is 25.6. The lowest BCUT2D eigenvalue weighted by atomic mass is 9.93. The van der Waals surface area contributed by atoms with Gasteiger partial charge in [-0.1, -0.05) is 16.8 Å². The lowest BCUT2D eigenvalue weighted by Gasteiger charge is -2.21. The highest BCUT2D eigenvalue weighted by Crippen LogP contribution is 2.43. The molecule has 10 heteroatoms. The molecular formula is C16H16ClF2N3O3S. The number of hydrogen-bond acceptors (Lipinski definition) is 3. The molecule has 1 saturated heterocycles. The highest BCUT2D eigenvalue weighted by atomic mass is 35.7. The lowest BCUT2D eigenvalue weighted by molar-refractivity contribution is -0.120. The number of carbonyl (C=O) groups excluding carboxylic acids is 2. The molecule has 1 aromatic carbocycles. The average Bonchev–Trinajstić information content (AvgIpc) is 3.14. The number of allylic oxidation sites excluding steroid dienone is 2. The Morgan fingerprint density at radius 3 is 2.65 bits per heavy atom. The van der Waals surface area contributed by atoms with E-state index in [1.54, 1.807) is 17.6 Å². The van der Waals surface area contributed by atoms with Crippen LogP contribution in [0, 0.1) is 11.6 Å². The number of nitrogens with one attached hydrogen (secondary N) is 3. The van der Waals surface area contributed by atoms with Crippen LogP contribution < -0.4 is 20.7 Å². The fraction of sp³-hybridized carbons (Fsp3) is 0.250. The van der Waals surface area contributed by atoms with Gasteiger partial charge in [-0.25, -0.2) is 13.6 Å². The number of halogens is 3. The van der Waals surface area contributed by atoms with Crippen molar-refractivity contribution in [3.63, 3.8) is 0 Å². The minimum atomic E-state index is -1.12. The molecule has 0 aromatic heterocycles. The second-order valence-electron chi connectivity index (χ2n) is 5.64. The van der Waals surface area contributed by atoms with Crippen LogP contribution in [0.1, 0.15) is 11.5 Å². The Labute approximate surface area is 155 Å². The van der Waals surface area contributed by atoms with Gasteiger partial charge in [0.1, 0.15) is 23.4 Å². The summed E-state index contributed by atoms with van der Waals surface area (Å²) in [4.78, 5) is 24.2. The number of rotatable bonds is 4. The standard InChI is InChI=1S/C16H16ClF2N3O3S/c1-25-8-5-10(18)13(11(19)6-8)9-7-20-15(23)14(9)22-16(24)21-12-3-2-4-26(12)17/h2-6,9,14,26H,7H2,1H3,(H,20,23)(H2,21,22,24)/t9-,14-/m0/s1. The van der Waals surface area contributed by atoms with E-state index in [-0.39, 0.29) is 17.9 Å². The zero-order valence-corrected chi connectivity index (χ0v) is 15.2. The SMILES string of the molecule is COc1cc(F)c([C@@H]2CNC(=O)[C@H]2NC(=O)NC2=CC=C[SH]2Cl)c(F)c1. The second-order valence-corrected chi connectivity index (χ2v) is 8.13. The predicted octanol–water partition coefficient (Wildman–Crippen LogP) is 2.38. The molecular weight excluding hydrogens is 388 g/mol. The van der Waals surface area contributed by atoms with Crippen molar-refractivity contribution in [3.05, 3.63) is 51.9 Å². The monoisotopic (exact) mass is 403 g/mol. The van der Waals surface area contributed by atoms with Gasteiger partial charge in [0.15, 0.2) is 0 Å². The molecule has 0 saturated carbocycles. The van der Waals surface area contributed by atoms with Crippen molar-refractivity contribution < 1.29 is 23.1 Å². The number of hydrogen-bond donors (Lipinski definition) is 4. The largest absolute Gasteiger partial charge is 0.497 e. The minimum Gasteiger partial charge on any atom is -0.497 e. The first kappa shape index (κ1) is 18.5. The van der Waals surface area contributed by atoms with E-state index >= 15 is 0 Å². The van der Waals surface area contributed by atoms with Gasteiger partial charge in [-0.05, 0) is 11.5 Å². The van der Waals surface area contributed by atoms with Crippen LogP contribution in [-0.2, 0) is 4.79 Å². The van der Waals surface area contributed by atoms with E-state index < -0.39 is 45.6 Å². The Hall–Kier alpha value is -2.26. The first-order chi connectivity index (χ1) is 12.4. The molecule has 1 aromatic rings. The molecule has 3 N–H and O–H groups in total. The zero-order chi connectivity index (χ0) is 18.8. The highest BCUT2D eigenvalue weighted by molar-refractivity contribution is 8.41. The van der Waals surface area contributed by atoms with Crippen LogP contribution in [0.25, 0.3) is 0 Å². The summed E-state index contributed by atoms with van der Waals surface area (Å²) in [6.07, 6.45) is 3.36. The Morgan fingerprint density at radius 1 is 1.38 bits per heavy atom. The number of benzene rings is 1. The molecule has 0 aliphatic carbocycles. The van der Waals surface area contributed by atoms with Gasteiger partial charge in [0.25, 0.3) is 0 Å². The first-order valence-electron chi connectivity index (χ1n) is 7.62. The summed E-state index contributed by atoms with van der Waals surface area (Å²) in [5.41, 5.74) is -0.282. The van der Waals surface area contributed by atoms with E-state index in [9.17, 15) is 18.4 Å². The number of thiol groups is 1. The van der Waals surface area contributed by atoms with E-state index in [0.717, 1.165) is 12.1 Å². The molecule has 3 amide bonds. The molecule has 1 fully saturated rings. The van der Waals surface area contributed by atoms with Gasteiger partial charge in [-0.2, -0.15) is 0 Å². The van der Waals surface area contributed by atoms with Crippen molar-refractivity contribution in [1.82, 2.24) is 16.0 Å². The molecule has 6 nitrogen and oxygen atoms in total. The Bertz CT molecular complexity index is 795. The average molecular weight is 404 g/mol. The summed E-state index contributed by atoms with van der Waals surface area (Å²) < 4.78 is 33.5. The summed E-state index contributed by atoms with van der Waals surface area (Å²) >= 11 is 0. The van der Waals surface area contributed by atoms with Crippen molar-refractivity contribution >= 4 is 32.7 Å². The van der Waals surface area contributed by atoms with Crippen LogP contribution in [0.5, 0.6) is 5.75 Å². The third kappa shape index (κ3) is 3.63. The molecule has 26 heavy (non-hydrogen) atoms. The molecule has 0 spiro atoms. The number of urea groups is 1. The second kappa shape index (κ2) is 7.55. The summed E-state index contributed by atoms with van der Waals surface area (Å²) in [6.45, 7) is -0.00356. The molecule has 0 bridgehead atoms. The van der Waals surface area contributed by atoms with Gasteiger partial charge >= 0.3 is 6.03 Å². The maximum Gasteiger partial charge on any atom is 0.320 e. The summed E-state index contributed by atoms with van der Waals surface area (Å²) in [5, 5.41) is 9.78. The molecule has 3 atom stereocenters. The van der Waals surface area contributed by atoms with Crippen LogP contribution in [0.15, 0.2) is 34.7 Å². The van der Waals surface area contributed by atoms with Gasteiger partial charge in [0.2, 0.25) is 5.91 Å². The van der Waals surface area contributed by atoms with Gasteiger partial charge in [-0.3, -0.25) is 4.79 Å². The molecule has 1 unspecified atom stereocenters. The van der Waals surface area contributed by atoms with Crippen LogP contribution in [0.4, 0.5) is 13.6 Å². The van der Waals surface area contributed by atoms with Crippen molar-refractivity contribution in [2.45, 2.75) is 12.0 Å². The first-order valence-corrected chi connectivity index (χ1v) is 9.94. The Kier molecular flexibility index (Phi) is 5.38. The Balaban J connectivity index is 1.78. The fourth-order valence-corrected chi connectivity index (χ4v) is 4.16. The maximum atomic E-state index is 14.3. The lowest BCUT2D eigenvalue weighted by Crippen LogP contribution is -2.47. The maximum absolute atomic E-state index is 14.3. The molecule has 140 valence electrons. The van der Waals surface area contributed by atoms with E-state index in [2.05, 4.69) is 16.0 Å². The summed E-state index contributed by atoms with van der Waals surface area (Å²) in [7, 11) is 6.22. The number of amides is 3. The van der Waals surface area contributed by atoms with Crippen LogP contribution >= 0.6 is 20.8 Å². The third-order valence-corrected chi connectivity index (χ3v) is 6.11. The molecule has 2 aliphatic heterocycles. The van der Waals surface area contributed by atoms with Crippen LogP contribution in [-0.4, -0.2) is 31.6 Å². The zero-order valence-electron chi connectivity index (χ0n) is 13.6. The Morgan fingerprint density at radius 2 is 2.08 bits per heavy atom. The van der Waals surface area contributed by atoms with Gasteiger partial charge in [0, 0.05) is 30.2 Å². The number of carbonyl (C=O) groups is 2. The fourth-order valence-electron chi connectivity index (χ4n) is 2.84.